The number of imide groups is 2. The number of imidazole rings is 1. The lowest BCUT2D eigenvalue weighted by Crippen LogP contribution is -2.31. The summed E-state index contributed by atoms with van der Waals surface area (Å²) >= 11 is 0. The number of aryl methyl sites for hydroxylation is 1. The van der Waals surface area contributed by atoms with E-state index >= 15 is 0 Å². The van der Waals surface area contributed by atoms with Gasteiger partial charge in [0.05, 0.1) is 6.54 Å². The van der Waals surface area contributed by atoms with Crippen LogP contribution in [0.2, 0.25) is 0 Å². The molecule has 1 aromatic rings. The maximum atomic E-state index is 11.2. The molecule has 1 saturated heterocycles. The van der Waals surface area contributed by atoms with Gasteiger partial charge in [-0.2, -0.15) is 0 Å². The van der Waals surface area contributed by atoms with Crippen molar-refractivity contribution in [3.8, 4) is 0 Å². The topological polar surface area (TPSA) is 84.3 Å². The molecule has 0 unspecified atom stereocenters. The standard InChI is InChI=1S/C8H8N4O3/c1-11-3-2-9-5(11)4-12-7(14)6(13)10-8(12)15/h2-3H,4H2,1H3,(H,10,13,15). The highest BCUT2D eigenvalue weighted by Crippen LogP contribution is 2.06. The van der Waals surface area contributed by atoms with E-state index in [1.807, 2.05) is 5.32 Å². The molecule has 7 nitrogen and oxygen atoms in total. The van der Waals surface area contributed by atoms with E-state index in [0.29, 0.717) is 5.82 Å². The van der Waals surface area contributed by atoms with E-state index in [-0.39, 0.29) is 6.54 Å². The highest BCUT2D eigenvalue weighted by atomic mass is 16.2. The third-order valence-electron chi connectivity index (χ3n) is 2.13. The molecule has 2 heterocycles. The first-order valence-corrected chi connectivity index (χ1v) is 4.22. The number of nitrogens with one attached hydrogen (secondary N) is 1. The minimum absolute atomic E-state index is 0.0000926. The van der Waals surface area contributed by atoms with Crippen molar-refractivity contribution < 1.29 is 14.4 Å². The van der Waals surface area contributed by atoms with Crippen molar-refractivity contribution in [1.82, 2.24) is 19.8 Å². The van der Waals surface area contributed by atoms with Gasteiger partial charge in [0.1, 0.15) is 5.82 Å². The van der Waals surface area contributed by atoms with Crippen LogP contribution in [0, 0.1) is 0 Å². The number of rotatable bonds is 2. The summed E-state index contributed by atoms with van der Waals surface area (Å²) < 4.78 is 1.67. The Morgan fingerprint density at radius 1 is 1.40 bits per heavy atom. The lowest BCUT2D eigenvalue weighted by atomic mass is 10.5. The molecule has 0 radical (unpaired) electrons. The predicted octanol–water partition coefficient (Wildman–Crippen LogP) is -1.00. The molecular weight excluding hydrogens is 200 g/mol. The molecular formula is C8H8N4O3. The van der Waals surface area contributed by atoms with Gasteiger partial charge < -0.3 is 4.57 Å². The Morgan fingerprint density at radius 2 is 2.13 bits per heavy atom. The first-order valence-electron chi connectivity index (χ1n) is 4.22. The molecule has 4 amide bonds. The Morgan fingerprint density at radius 3 is 2.60 bits per heavy atom. The van der Waals surface area contributed by atoms with E-state index in [0.717, 1.165) is 4.90 Å². The van der Waals surface area contributed by atoms with Crippen molar-refractivity contribution in [3.05, 3.63) is 18.2 Å². The summed E-state index contributed by atoms with van der Waals surface area (Å²) in [6.07, 6.45) is 3.24. The Hall–Kier alpha value is -2.18. The molecule has 2 rings (SSSR count). The van der Waals surface area contributed by atoms with Crippen molar-refractivity contribution in [2.24, 2.45) is 7.05 Å². The summed E-state index contributed by atoms with van der Waals surface area (Å²) in [4.78, 5) is 38.0. The SMILES string of the molecule is Cn1ccnc1CN1C(=O)NC(=O)C1=O. The van der Waals surface area contributed by atoms with E-state index in [1.54, 1.807) is 24.0 Å². The Balaban J connectivity index is 2.20. The van der Waals surface area contributed by atoms with Crippen molar-refractivity contribution >= 4 is 17.8 Å². The monoisotopic (exact) mass is 208 g/mol. The molecule has 78 valence electrons. The van der Waals surface area contributed by atoms with Crippen molar-refractivity contribution in [1.29, 1.82) is 0 Å². The molecule has 1 aliphatic rings. The summed E-state index contributed by atoms with van der Waals surface area (Å²) in [6, 6.07) is -0.701. The van der Waals surface area contributed by atoms with Crippen LogP contribution in [0.1, 0.15) is 5.82 Å². The molecule has 1 aliphatic heterocycles. The fraction of sp³-hybridized carbons (Fsp3) is 0.250. The van der Waals surface area contributed by atoms with Gasteiger partial charge in [0.2, 0.25) is 0 Å². The first kappa shape index (κ1) is 9.38. The van der Waals surface area contributed by atoms with Gasteiger partial charge in [0.15, 0.2) is 0 Å². The van der Waals surface area contributed by atoms with Crippen molar-refractivity contribution in [3.63, 3.8) is 0 Å². The molecule has 0 bridgehead atoms. The second-order valence-corrected chi connectivity index (χ2v) is 3.10. The second-order valence-electron chi connectivity index (χ2n) is 3.10. The zero-order valence-corrected chi connectivity index (χ0v) is 7.93. The number of carbonyl (C=O) groups excluding carboxylic acids is 3. The maximum absolute atomic E-state index is 11.2. The number of urea groups is 1. The summed E-state index contributed by atoms with van der Waals surface area (Å²) in [7, 11) is 1.74. The van der Waals surface area contributed by atoms with Crippen LogP contribution in [0.15, 0.2) is 12.4 Å². The second kappa shape index (κ2) is 3.19. The number of hydrogen-bond donors (Lipinski definition) is 1. The van der Waals surface area contributed by atoms with E-state index in [1.165, 1.54) is 0 Å². The van der Waals surface area contributed by atoms with Crippen LogP contribution in [0.3, 0.4) is 0 Å². The zero-order valence-electron chi connectivity index (χ0n) is 7.93. The zero-order chi connectivity index (χ0) is 11.0. The van der Waals surface area contributed by atoms with E-state index in [9.17, 15) is 14.4 Å². The van der Waals surface area contributed by atoms with Gasteiger partial charge in [-0.15, -0.1) is 0 Å². The fourth-order valence-corrected chi connectivity index (χ4v) is 1.27. The minimum Gasteiger partial charge on any atom is -0.337 e. The van der Waals surface area contributed by atoms with Gasteiger partial charge >= 0.3 is 17.8 Å². The van der Waals surface area contributed by atoms with Gasteiger partial charge in [0, 0.05) is 19.4 Å². The number of carbonyl (C=O) groups is 3. The Labute approximate surface area is 84.7 Å². The molecule has 0 aromatic carbocycles. The summed E-state index contributed by atoms with van der Waals surface area (Å²) in [5.74, 6) is -1.20. The number of hydrogen-bond acceptors (Lipinski definition) is 4. The Bertz CT molecular complexity index is 450. The van der Waals surface area contributed by atoms with Crippen molar-refractivity contribution in [2.45, 2.75) is 6.54 Å². The minimum atomic E-state index is -0.894. The molecule has 1 aromatic heterocycles. The number of nitrogens with zero attached hydrogens (tertiary/aromatic N) is 3. The van der Waals surface area contributed by atoms with Gasteiger partial charge in [-0.05, 0) is 0 Å². The van der Waals surface area contributed by atoms with Gasteiger partial charge in [-0.1, -0.05) is 0 Å². The van der Waals surface area contributed by atoms with Crippen LogP contribution < -0.4 is 5.32 Å². The van der Waals surface area contributed by atoms with Crippen LogP contribution in [0.25, 0.3) is 0 Å². The molecule has 15 heavy (non-hydrogen) atoms. The van der Waals surface area contributed by atoms with E-state index < -0.39 is 17.8 Å². The van der Waals surface area contributed by atoms with Crippen LogP contribution in [0.4, 0.5) is 4.79 Å². The van der Waals surface area contributed by atoms with Crippen molar-refractivity contribution in [2.75, 3.05) is 0 Å². The van der Waals surface area contributed by atoms with Gasteiger partial charge in [-0.3, -0.25) is 14.9 Å². The lowest BCUT2D eigenvalue weighted by molar-refractivity contribution is -0.140. The normalized spacial score (nSPS) is 16.1. The molecule has 0 aliphatic carbocycles. The molecule has 0 atom stereocenters. The van der Waals surface area contributed by atoms with E-state index in [2.05, 4.69) is 4.98 Å². The van der Waals surface area contributed by atoms with Crippen LogP contribution in [-0.2, 0) is 23.2 Å². The predicted molar refractivity (Wildman–Crippen MR) is 47.3 cm³/mol. The third-order valence-corrected chi connectivity index (χ3v) is 2.13. The quantitative estimate of drug-likeness (QED) is 0.499. The summed E-state index contributed by atoms with van der Waals surface area (Å²) in [5, 5.41) is 1.91. The van der Waals surface area contributed by atoms with Crippen LogP contribution >= 0.6 is 0 Å². The van der Waals surface area contributed by atoms with Gasteiger partial charge in [0.25, 0.3) is 0 Å². The number of aromatic nitrogens is 2. The highest BCUT2D eigenvalue weighted by molar-refractivity contribution is 6.44. The average Bonchev–Trinajstić information content (AvgIpc) is 2.67. The molecule has 0 spiro atoms. The van der Waals surface area contributed by atoms with Gasteiger partial charge in [-0.25, -0.2) is 14.7 Å². The first-order chi connectivity index (χ1) is 7.09. The molecule has 1 N–H and O–H groups in total. The number of amides is 4. The highest BCUT2D eigenvalue weighted by Gasteiger charge is 2.37. The van der Waals surface area contributed by atoms with Crippen LogP contribution in [-0.4, -0.2) is 32.3 Å². The average molecular weight is 208 g/mol. The summed E-state index contributed by atoms with van der Waals surface area (Å²) in [6.45, 7) is -0.0000926. The largest absolute Gasteiger partial charge is 0.337 e. The van der Waals surface area contributed by atoms with E-state index in [4.69, 9.17) is 0 Å². The molecule has 7 heteroatoms. The molecule has 0 saturated carbocycles. The fourth-order valence-electron chi connectivity index (χ4n) is 1.27. The lowest BCUT2D eigenvalue weighted by Gasteiger charge is -2.10. The molecule has 1 fully saturated rings. The Kier molecular flexibility index (Phi) is 2.00. The third kappa shape index (κ3) is 1.47. The van der Waals surface area contributed by atoms with Crippen LogP contribution in [0.5, 0.6) is 0 Å². The maximum Gasteiger partial charge on any atom is 0.331 e. The smallest absolute Gasteiger partial charge is 0.331 e. The summed E-state index contributed by atoms with van der Waals surface area (Å²) in [5.41, 5.74) is 0.